The predicted molar refractivity (Wildman–Crippen MR) is 103 cm³/mol. The van der Waals surface area contributed by atoms with Crippen LogP contribution in [-0.2, 0) is 21.2 Å². The number of nitrogens with zero attached hydrogens (tertiary/aromatic N) is 1. The van der Waals surface area contributed by atoms with Gasteiger partial charge in [-0.15, -0.1) is 0 Å². The number of methoxy groups -OCH3 is 1. The van der Waals surface area contributed by atoms with E-state index in [1.54, 1.807) is 42.3 Å². The maximum atomic E-state index is 12.6. The molecule has 0 bridgehead atoms. The Labute approximate surface area is 160 Å². The van der Waals surface area contributed by atoms with E-state index >= 15 is 0 Å². The lowest BCUT2D eigenvalue weighted by Gasteiger charge is -2.32. The van der Waals surface area contributed by atoms with Crippen molar-refractivity contribution < 1.29 is 17.9 Å². The number of ether oxygens (including phenoxy) is 1. The van der Waals surface area contributed by atoms with E-state index < -0.39 is 10.0 Å². The molecule has 1 aliphatic heterocycles. The highest BCUT2D eigenvalue weighted by Gasteiger charge is 2.27. The minimum atomic E-state index is -3.53. The summed E-state index contributed by atoms with van der Waals surface area (Å²) in [4.78, 5) is 14.6. The molecule has 6 nitrogen and oxygen atoms in total. The Morgan fingerprint density at radius 2 is 1.70 bits per heavy atom. The van der Waals surface area contributed by atoms with E-state index in [2.05, 4.69) is 4.72 Å². The van der Waals surface area contributed by atoms with Crippen molar-refractivity contribution in [1.82, 2.24) is 9.62 Å². The molecule has 1 heterocycles. The predicted octanol–water partition coefficient (Wildman–Crippen LogP) is 2.21. The van der Waals surface area contributed by atoms with E-state index in [9.17, 15) is 13.2 Å². The smallest absolute Gasteiger partial charge is 0.240 e. The summed E-state index contributed by atoms with van der Waals surface area (Å²) in [7, 11) is -1.93. The normalized spacial score (nSPS) is 15.5. The van der Waals surface area contributed by atoms with Gasteiger partial charge in [0, 0.05) is 24.7 Å². The van der Waals surface area contributed by atoms with E-state index in [1.165, 1.54) is 0 Å². The molecule has 1 amide bonds. The molecule has 0 atom stereocenters. The second-order valence-electron chi connectivity index (χ2n) is 6.58. The number of benzene rings is 2. The first-order chi connectivity index (χ1) is 13.0. The molecule has 144 valence electrons. The molecule has 0 aromatic heterocycles. The fourth-order valence-corrected chi connectivity index (χ4v) is 4.58. The average molecular weight is 388 g/mol. The fourth-order valence-electron chi connectivity index (χ4n) is 3.26. The fraction of sp³-hybridized carbons (Fsp3) is 0.350. The minimum absolute atomic E-state index is 0.0314. The van der Waals surface area contributed by atoms with Crippen LogP contribution in [0.25, 0.3) is 0 Å². The Morgan fingerprint density at radius 1 is 1.07 bits per heavy atom. The van der Waals surface area contributed by atoms with Crippen LogP contribution in [0, 0.1) is 0 Å². The zero-order valence-corrected chi connectivity index (χ0v) is 16.1. The first-order valence-corrected chi connectivity index (χ1v) is 10.4. The van der Waals surface area contributed by atoms with Crippen LogP contribution in [0.15, 0.2) is 59.5 Å². The number of sulfonamides is 1. The number of carbonyl (C=O) groups excluding carboxylic acids is 1. The number of amides is 1. The molecule has 3 rings (SSSR count). The first-order valence-electron chi connectivity index (χ1n) is 8.96. The second-order valence-corrected chi connectivity index (χ2v) is 8.29. The van der Waals surface area contributed by atoms with Crippen molar-refractivity contribution in [1.29, 1.82) is 0 Å². The zero-order chi connectivity index (χ0) is 19.3. The van der Waals surface area contributed by atoms with Gasteiger partial charge < -0.3 is 9.64 Å². The van der Waals surface area contributed by atoms with Crippen molar-refractivity contribution in [3.63, 3.8) is 0 Å². The second kappa shape index (κ2) is 8.54. The summed E-state index contributed by atoms with van der Waals surface area (Å²) in [5.74, 6) is 0.736. The molecule has 0 spiro atoms. The average Bonchev–Trinajstić information content (AvgIpc) is 2.69. The van der Waals surface area contributed by atoms with Crippen LogP contribution in [0.3, 0.4) is 0 Å². The van der Waals surface area contributed by atoms with Gasteiger partial charge in [0.05, 0.1) is 18.4 Å². The van der Waals surface area contributed by atoms with Crippen molar-refractivity contribution >= 4 is 15.9 Å². The van der Waals surface area contributed by atoms with Gasteiger partial charge in [0.1, 0.15) is 5.75 Å². The van der Waals surface area contributed by atoms with Gasteiger partial charge >= 0.3 is 0 Å². The van der Waals surface area contributed by atoms with Crippen molar-refractivity contribution in [2.45, 2.75) is 30.2 Å². The van der Waals surface area contributed by atoms with Crippen molar-refractivity contribution in [3.8, 4) is 5.75 Å². The van der Waals surface area contributed by atoms with Gasteiger partial charge in [-0.25, -0.2) is 13.1 Å². The van der Waals surface area contributed by atoms with E-state index in [4.69, 9.17) is 4.74 Å². The molecule has 7 heteroatoms. The molecule has 1 aliphatic rings. The summed E-state index contributed by atoms with van der Waals surface area (Å²) < 4.78 is 32.9. The van der Waals surface area contributed by atoms with Gasteiger partial charge in [-0.05, 0) is 31.0 Å². The summed E-state index contributed by atoms with van der Waals surface area (Å²) in [5, 5.41) is 0. The van der Waals surface area contributed by atoms with Crippen LogP contribution in [0.2, 0.25) is 0 Å². The van der Waals surface area contributed by atoms with Gasteiger partial charge in [-0.2, -0.15) is 0 Å². The zero-order valence-electron chi connectivity index (χ0n) is 15.3. The van der Waals surface area contributed by atoms with Crippen LogP contribution in [0.1, 0.15) is 18.4 Å². The number of hydrogen-bond donors (Lipinski definition) is 1. The Hall–Kier alpha value is -2.38. The third kappa shape index (κ3) is 4.87. The maximum absolute atomic E-state index is 12.6. The summed E-state index contributed by atoms with van der Waals surface area (Å²) in [6.07, 6.45) is 1.48. The number of carbonyl (C=O) groups is 1. The van der Waals surface area contributed by atoms with Gasteiger partial charge in [-0.1, -0.05) is 36.4 Å². The van der Waals surface area contributed by atoms with Crippen molar-refractivity contribution in [2.75, 3.05) is 20.2 Å². The van der Waals surface area contributed by atoms with E-state index in [0.29, 0.717) is 31.7 Å². The van der Waals surface area contributed by atoms with Gasteiger partial charge in [0.25, 0.3) is 0 Å². The molecule has 2 aromatic carbocycles. The van der Waals surface area contributed by atoms with E-state index in [-0.39, 0.29) is 23.3 Å². The lowest BCUT2D eigenvalue weighted by molar-refractivity contribution is -0.131. The van der Waals surface area contributed by atoms with Gasteiger partial charge in [-0.3, -0.25) is 4.79 Å². The molecular formula is C20H24N2O4S. The number of hydrogen-bond acceptors (Lipinski definition) is 4. The molecule has 1 fully saturated rings. The van der Waals surface area contributed by atoms with Gasteiger partial charge in [0.2, 0.25) is 15.9 Å². The van der Waals surface area contributed by atoms with Crippen LogP contribution in [-0.4, -0.2) is 45.5 Å². The summed E-state index contributed by atoms with van der Waals surface area (Å²) in [6, 6.07) is 15.7. The number of nitrogens with one attached hydrogen (secondary N) is 1. The van der Waals surface area contributed by atoms with Gasteiger partial charge in [0.15, 0.2) is 0 Å². The largest absolute Gasteiger partial charge is 0.496 e. The van der Waals surface area contributed by atoms with Crippen LogP contribution in [0.5, 0.6) is 5.75 Å². The quantitative estimate of drug-likeness (QED) is 0.823. The Bertz CT molecular complexity index is 876. The van der Waals surface area contributed by atoms with Crippen LogP contribution >= 0.6 is 0 Å². The molecule has 0 unspecified atom stereocenters. The minimum Gasteiger partial charge on any atom is -0.496 e. The first kappa shape index (κ1) is 19.4. The van der Waals surface area contributed by atoms with Crippen LogP contribution in [0.4, 0.5) is 0 Å². The maximum Gasteiger partial charge on any atom is 0.240 e. The van der Waals surface area contributed by atoms with E-state index in [0.717, 1.165) is 5.56 Å². The monoisotopic (exact) mass is 388 g/mol. The molecular weight excluding hydrogens is 364 g/mol. The van der Waals surface area contributed by atoms with Crippen molar-refractivity contribution in [3.05, 3.63) is 60.2 Å². The van der Waals surface area contributed by atoms with E-state index in [1.807, 2.05) is 24.3 Å². The number of para-hydroxylation sites is 1. The highest BCUT2D eigenvalue weighted by Crippen LogP contribution is 2.20. The molecule has 1 saturated heterocycles. The molecule has 2 aromatic rings. The molecule has 27 heavy (non-hydrogen) atoms. The molecule has 1 N–H and O–H groups in total. The number of rotatable bonds is 6. The third-order valence-corrected chi connectivity index (χ3v) is 6.29. The van der Waals surface area contributed by atoms with Crippen molar-refractivity contribution in [2.24, 2.45) is 0 Å². The third-order valence-electron chi connectivity index (χ3n) is 4.76. The molecule has 0 aliphatic carbocycles. The summed E-state index contributed by atoms with van der Waals surface area (Å²) in [6.45, 7) is 1.08. The highest BCUT2D eigenvalue weighted by atomic mass is 32.2. The molecule has 0 radical (unpaired) electrons. The number of likely N-dealkylation sites (tertiary alicyclic amines) is 1. The SMILES string of the molecule is COc1ccccc1CC(=O)N1CCC(NS(=O)(=O)c2ccccc2)CC1. The summed E-state index contributed by atoms with van der Waals surface area (Å²) in [5.41, 5.74) is 0.858. The highest BCUT2D eigenvalue weighted by molar-refractivity contribution is 7.89. The lowest BCUT2D eigenvalue weighted by Crippen LogP contribution is -2.46. The Kier molecular flexibility index (Phi) is 6.13. The Morgan fingerprint density at radius 3 is 2.37 bits per heavy atom. The number of piperidine rings is 1. The molecule has 0 saturated carbocycles. The topological polar surface area (TPSA) is 75.7 Å². The lowest BCUT2D eigenvalue weighted by atomic mass is 10.0. The van der Waals surface area contributed by atoms with Crippen LogP contribution < -0.4 is 9.46 Å². The standard InChI is InChI=1S/C20H24N2O4S/c1-26-19-10-6-5-7-16(19)15-20(23)22-13-11-17(12-14-22)21-27(24,25)18-8-3-2-4-9-18/h2-10,17,21H,11-15H2,1H3. The Balaban J connectivity index is 1.55. The summed E-state index contributed by atoms with van der Waals surface area (Å²) >= 11 is 0.